The normalized spacial score (nSPS) is 29.2. The Labute approximate surface area is 114 Å². The quantitative estimate of drug-likeness (QED) is 0.906. The van der Waals surface area contributed by atoms with Gasteiger partial charge in [0.25, 0.3) is 0 Å². The molecule has 0 heterocycles. The maximum Gasteiger partial charge on any atom is 0.123 e. The van der Waals surface area contributed by atoms with Crippen molar-refractivity contribution in [2.75, 3.05) is 7.11 Å². The second-order valence-corrected chi connectivity index (χ2v) is 5.80. The van der Waals surface area contributed by atoms with Gasteiger partial charge in [0.15, 0.2) is 0 Å². The van der Waals surface area contributed by atoms with Crippen molar-refractivity contribution in [2.45, 2.75) is 50.7 Å². The van der Waals surface area contributed by atoms with Crippen LogP contribution in [0.5, 0.6) is 0 Å². The molecule has 0 aliphatic heterocycles. The number of hydrogen-bond acceptors (Lipinski definition) is 2. The molecule has 1 fully saturated rings. The van der Waals surface area contributed by atoms with Gasteiger partial charge in [-0.3, -0.25) is 0 Å². The fraction of sp³-hybridized carbons (Fsp3) is 0.625. The summed E-state index contributed by atoms with van der Waals surface area (Å²) in [6, 6.07) is 6.43. The first-order valence-electron chi connectivity index (χ1n) is 7.03. The monoisotopic (exact) mass is 266 g/mol. The molecule has 106 valence electrons. The van der Waals surface area contributed by atoms with Crippen molar-refractivity contribution in [1.29, 1.82) is 0 Å². The third kappa shape index (κ3) is 3.34. The van der Waals surface area contributed by atoms with E-state index in [2.05, 4.69) is 6.92 Å². The predicted octanol–water partition coefficient (Wildman–Crippen LogP) is 3.32. The second-order valence-electron chi connectivity index (χ2n) is 5.80. The van der Waals surface area contributed by atoms with Crippen molar-refractivity contribution in [3.05, 3.63) is 35.6 Å². The Balaban J connectivity index is 2.06. The lowest BCUT2D eigenvalue weighted by atomic mass is 9.75. The summed E-state index contributed by atoms with van der Waals surface area (Å²) in [6.45, 7) is 2.23. The summed E-state index contributed by atoms with van der Waals surface area (Å²) >= 11 is 0. The number of halogens is 1. The minimum absolute atomic E-state index is 0.256. The van der Waals surface area contributed by atoms with Crippen LogP contribution >= 0.6 is 0 Å². The Morgan fingerprint density at radius 1 is 1.42 bits per heavy atom. The first-order chi connectivity index (χ1) is 9.05. The van der Waals surface area contributed by atoms with Crippen molar-refractivity contribution < 1.29 is 14.2 Å². The van der Waals surface area contributed by atoms with Crippen LogP contribution in [-0.2, 0) is 11.2 Å². The molecule has 0 aromatic heterocycles. The molecule has 2 nitrogen and oxygen atoms in total. The molecule has 0 radical (unpaired) electrons. The standard InChI is InChI=1S/C16H23FO2/c1-12-6-8-16(19-2,9-7-12)15(18)11-13-4-3-5-14(17)10-13/h3-5,10,12,15,18H,6-9,11H2,1-2H3. The van der Waals surface area contributed by atoms with Gasteiger partial charge in [0.05, 0.1) is 11.7 Å². The molecule has 1 aromatic rings. The van der Waals surface area contributed by atoms with Crippen LogP contribution in [0.3, 0.4) is 0 Å². The molecule has 1 aliphatic carbocycles. The zero-order chi connectivity index (χ0) is 13.9. The first-order valence-corrected chi connectivity index (χ1v) is 7.03. The second kappa shape index (κ2) is 6.02. The van der Waals surface area contributed by atoms with Crippen LogP contribution in [0.15, 0.2) is 24.3 Å². The number of aliphatic hydroxyl groups is 1. The summed E-state index contributed by atoms with van der Waals surface area (Å²) in [6.07, 6.45) is 3.77. The molecule has 2 rings (SSSR count). The minimum Gasteiger partial charge on any atom is -0.390 e. The van der Waals surface area contributed by atoms with Crippen molar-refractivity contribution >= 4 is 0 Å². The Kier molecular flexibility index (Phi) is 4.58. The average molecular weight is 266 g/mol. The highest BCUT2D eigenvalue weighted by molar-refractivity contribution is 5.18. The maximum absolute atomic E-state index is 13.2. The maximum atomic E-state index is 13.2. The van der Waals surface area contributed by atoms with Gasteiger partial charge in [-0.25, -0.2) is 4.39 Å². The number of rotatable bonds is 4. The Morgan fingerprint density at radius 2 is 2.11 bits per heavy atom. The zero-order valence-electron chi connectivity index (χ0n) is 11.7. The summed E-state index contributed by atoms with van der Waals surface area (Å²) in [5.41, 5.74) is 0.362. The van der Waals surface area contributed by atoms with Crippen LogP contribution in [0.25, 0.3) is 0 Å². The molecule has 1 saturated carbocycles. The molecule has 1 N–H and O–H groups in total. The van der Waals surface area contributed by atoms with E-state index in [0.717, 1.165) is 31.2 Å². The van der Waals surface area contributed by atoms with Crippen molar-refractivity contribution in [1.82, 2.24) is 0 Å². The van der Waals surface area contributed by atoms with Gasteiger partial charge in [0.1, 0.15) is 5.82 Å². The van der Waals surface area contributed by atoms with Gasteiger partial charge >= 0.3 is 0 Å². The van der Waals surface area contributed by atoms with Crippen molar-refractivity contribution in [3.8, 4) is 0 Å². The van der Waals surface area contributed by atoms with E-state index in [1.165, 1.54) is 12.1 Å². The molecule has 0 bridgehead atoms. The van der Waals surface area contributed by atoms with Gasteiger partial charge in [-0.2, -0.15) is 0 Å². The lowest BCUT2D eigenvalue weighted by molar-refractivity contribution is -0.127. The van der Waals surface area contributed by atoms with E-state index in [1.807, 2.05) is 6.07 Å². The fourth-order valence-corrected chi connectivity index (χ4v) is 3.00. The molecular weight excluding hydrogens is 243 g/mol. The van der Waals surface area contributed by atoms with Crippen molar-refractivity contribution in [2.24, 2.45) is 5.92 Å². The van der Waals surface area contributed by atoms with Crippen LogP contribution in [-0.4, -0.2) is 23.9 Å². The van der Waals surface area contributed by atoms with Gasteiger partial charge in [-0.05, 0) is 49.3 Å². The summed E-state index contributed by atoms with van der Waals surface area (Å²) in [5.74, 6) is 0.443. The predicted molar refractivity (Wildman–Crippen MR) is 73.5 cm³/mol. The molecular formula is C16H23FO2. The third-order valence-electron chi connectivity index (χ3n) is 4.45. The Hall–Kier alpha value is -0.930. The van der Waals surface area contributed by atoms with Gasteiger partial charge < -0.3 is 9.84 Å². The minimum atomic E-state index is -0.577. The molecule has 19 heavy (non-hydrogen) atoms. The number of benzene rings is 1. The summed E-state index contributed by atoms with van der Waals surface area (Å²) in [5, 5.41) is 10.5. The molecule has 1 aromatic carbocycles. The fourth-order valence-electron chi connectivity index (χ4n) is 3.00. The van der Waals surface area contributed by atoms with Crippen LogP contribution in [0.1, 0.15) is 38.2 Å². The zero-order valence-corrected chi connectivity index (χ0v) is 11.7. The summed E-state index contributed by atoms with van der Waals surface area (Å²) in [7, 11) is 1.67. The molecule has 1 aliphatic rings. The molecule has 1 unspecified atom stereocenters. The SMILES string of the molecule is COC1(C(O)Cc2cccc(F)c2)CCC(C)CC1. The first kappa shape index (κ1) is 14.5. The van der Waals surface area contributed by atoms with Gasteiger partial charge in [0, 0.05) is 13.5 Å². The van der Waals surface area contributed by atoms with Crippen LogP contribution in [0, 0.1) is 11.7 Å². The van der Waals surface area contributed by atoms with Crippen LogP contribution < -0.4 is 0 Å². The highest BCUT2D eigenvalue weighted by Gasteiger charge is 2.40. The molecule has 0 saturated heterocycles. The molecule has 0 spiro atoms. The van der Waals surface area contributed by atoms with E-state index >= 15 is 0 Å². The topological polar surface area (TPSA) is 29.5 Å². The van der Waals surface area contributed by atoms with Crippen LogP contribution in [0.2, 0.25) is 0 Å². The lowest BCUT2D eigenvalue weighted by Crippen LogP contribution is -2.47. The highest BCUT2D eigenvalue weighted by atomic mass is 19.1. The summed E-state index contributed by atoms with van der Waals surface area (Å²) in [4.78, 5) is 0. The Morgan fingerprint density at radius 3 is 2.68 bits per heavy atom. The lowest BCUT2D eigenvalue weighted by Gasteiger charge is -2.41. The van der Waals surface area contributed by atoms with E-state index < -0.39 is 11.7 Å². The number of methoxy groups -OCH3 is 1. The van der Waals surface area contributed by atoms with Gasteiger partial charge in [-0.1, -0.05) is 19.1 Å². The smallest absolute Gasteiger partial charge is 0.123 e. The van der Waals surface area contributed by atoms with E-state index in [9.17, 15) is 9.50 Å². The number of hydrogen-bond donors (Lipinski definition) is 1. The van der Waals surface area contributed by atoms with Crippen LogP contribution in [0.4, 0.5) is 4.39 Å². The largest absolute Gasteiger partial charge is 0.390 e. The van der Waals surface area contributed by atoms with E-state index in [0.29, 0.717) is 12.3 Å². The Bertz CT molecular complexity index is 411. The highest BCUT2D eigenvalue weighted by Crippen LogP contribution is 2.37. The molecule has 1 atom stereocenters. The number of aliphatic hydroxyl groups excluding tert-OH is 1. The number of ether oxygens (including phenoxy) is 1. The van der Waals surface area contributed by atoms with Crippen molar-refractivity contribution in [3.63, 3.8) is 0 Å². The van der Waals surface area contributed by atoms with Gasteiger partial charge in [0.2, 0.25) is 0 Å². The van der Waals surface area contributed by atoms with Gasteiger partial charge in [-0.15, -0.1) is 0 Å². The van der Waals surface area contributed by atoms with E-state index in [4.69, 9.17) is 4.74 Å². The van der Waals surface area contributed by atoms with E-state index in [1.54, 1.807) is 13.2 Å². The summed E-state index contributed by atoms with van der Waals surface area (Å²) < 4.78 is 18.8. The average Bonchev–Trinajstić information content (AvgIpc) is 2.40. The molecule has 3 heteroatoms. The van der Waals surface area contributed by atoms with E-state index in [-0.39, 0.29) is 5.82 Å². The molecule has 0 amide bonds. The third-order valence-corrected chi connectivity index (χ3v) is 4.45.